The smallest absolute Gasteiger partial charge is 0.332 e. The van der Waals surface area contributed by atoms with Crippen LogP contribution in [0.15, 0.2) is 27.8 Å². The van der Waals surface area contributed by atoms with Gasteiger partial charge >= 0.3 is 11.7 Å². The topological polar surface area (TPSA) is 194 Å². The number of benzene rings is 1. The third-order valence-corrected chi connectivity index (χ3v) is 5.07. The highest BCUT2D eigenvalue weighted by atomic mass is 16.6. The van der Waals surface area contributed by atoms with Gasteiger partial charge in [-0.1, -0.05) is 6.07 Å². The normalized spacial score (nSPS) is 12.6. The van der Waals surface area contributed by atoms with Crippen LogP contribution in [0.25, 0.3) is 0 Å². The molecule has 172 valence electrons. The van der Waals surface area contributed by atoms with Crippen molar-refractivity contribution in [2.75, 3.05) is 18.9 Å². The lowest BCUT2D eigenvalue weighted by molar-refractivity contribution is -0.385. The van der Waals surface area contributed by atoms with Crippen molar-refractivity contribution in [1.82, 2.24) is 14.0 Å². The number of ketones is 1. The fraction of sp³-hybridized carbons (Fsp3) is 0.263. The largest absolute Gasteiger partial charge is 0.457 e. The highest BCUT2D eigenvalue weighted by Crippen LogP contribution is 2.30. The average Bonchev–Trinajstić information content (AvgIpc) is 3.03. The Bertz CT molecular complexity index is 1350. The van der Waals surface area contributed by atoms with Crippen LogP contribution < -0.4 is 17.0 Å². The Labute approximate surface area is 183 Å². The van der Waals surface area contributed by atoms with Crippen molar-refractivity contribution in [3.05, 3.63) is 65.8 Å². The van der Waals surface area contributed by atoms with Crippen molar-refractivity contribution in [3.8, 4) is 0 Å². The number of nitrogens with two attached hydrogens (primary N) is 1. The number of rotatable bonds is 7. The highest BCUT2D eigenvalue weighted by Gasteiger charge is 2.40. The third kappa shape index (κ3) is 3.88. The fourth-order valence-corrected chi connectivity index (χ4v) is 3.29. The van der Waals surface area contributed by atoms with Gasteiger partial charge in [-0.3, -0.25) is 48.1 Å². The molecular weight excluding hydrogens is 442 g/mol. The number of imide groups is 1. The van der Waals surface area contributed by atoms with Crippen LogP contribution in [0, 0.1) is 10.1 Å². The number of nitro groups is 1. The lowest BCUT2D eigenvalue weighted by Gasteiger charge is -2.13. The molecule has 0 atom stereocenters. The van der Waals surface area contributed by atoms with Gasteiger partial charge in [-0.25, -0.2) is 4.79 Å². The summed E-state index contributed by atoms with van der Waals surface area (Å²) in [6, 6.07) is 3.61. The summed E-state index contributed by atoms with van der Waals surface area (Å²) in [5.74, 6) is -4.04. The van der Waals surface area contributed by atoms with Gasteiger partial charge in [-0.05, 0) is 6.07 Å². The Morgan fingerprint density at radius 2 is 1.76 bits per heavy atom. The van der Waals surface area contributed by atoms with Gasteiger partial charge in [-0.15, -0.1) is 0 Å². The number of nitro benzene ring substituents is 1. The average molecular weight is 459 g/mol. The van der Waals surface area contributed by atoms with Gasteiger partial charge in [0.05, 0.1) is 16.9 Å². The summed E-state index contributed by atoms with van der Waals surface area (Å²) in [4.78, 5) is 84.3. The van der Waals surface area contributed by atoms with Crippen LogP contribution in [-0.2, 0) is 23.6 Å². The van der Waals surface area contributed by atoms with Gasteiger partial charge < -0.3 is 10.5 Å². The van der Waals surface area contributed by atoms with E-state index in [4.69, 9.17) is 10.5 Å². The molecule has 0 radical (unpaired) electrons. The maximum absolute atomic E-state index is 12.5. The lowest BCUT2D eigenvalue weighted by Crippen LogP contribution is -2.42. The highest BCUT2D eigenvalue weighted by molar-refractivity contribution is 6.23. The summed E-state index contributed by atoms with van der Waals surface area (Å²) < 4.78 is 6.37. The van der Waals surface area contributed by atoms with E-state index in [0.29, 0.717) is 9.47 Å². The van der Waals surface area contributed by atoms with Gasteiger partial charge in [0.25, 0.3) is 23.1 Å². The second-order valence-corrected chi connectivity index (χ2v) is 7.02. The van der Waals surface area contributed by atoms with Crippen LogP contribution in [0.4, 0.5) is 11.5 Å². The Hall–Kier alpha value is -4.62. The first kappa shape index (κ1) is 23.1. The summed E-state index contributed by atoms with van der Waals surface area (Å²) >= 11 is 0. The summed E-state index contributed by atoms with van der Waals surface area (Å²) in [5.41, 5.74) is 2.39. The van der Waals surface area contributed by atoms with E-state index in [0.717, 1.165) is 17.7 Å². The molecule has 0 unspecified atom stereocenters. The van der Waals surface area contributed by atoms with Crippen molar-refractivity contribution < 1.29 is 28.8 Å². The molecule has 1 aromatic carbocycles. The number of hydrogen-bond donors (Lipinski definition) is 1. The van der Waals surface area contributed by atoms with E-state index in [-0.39, 0.29) is 11.1 Å². The first-order valence-corrected chi connectivity index (χ1v) is 9.35. The Balaban J connectivity index is 1.66. The Kier molecular flexibility index (Phi) is 5.93. The molecule has 2 N–H and O–H groups in total. The molecule has 0 aliphatic carbocycles. The number of anilines is 1. The van der Waals surface area contributed by atoms with E-state index in [1.54, 1.807) is 0 Å². The quantitative estimate of drug-likeness (QED) is 0.176. The van der Waals surface area contributed by atoms with Crippen molar-refractivity contribution >= 4 is 35.1 Å². The Morgan fingerprint density at radius 1 is 1.09 bits per heavy atom. The molecular formula is C19H17N5O9. The van der Waals surface area contributed by atoms with Crippen LogP contribution in [0.2, 0.25) is 0 Å². The predicted octanol–water partition coefficient (Wildman–Crippen LogP) is -1.01. The minimum Gasteiger partial charge on any atom is -0.457 e. The van der Waals surface area contributed by atoms with Crippen molar-refractivity contribution in [1.29, 1.82) is 0 Å². The maximum Gasteiger partial charge on any atom is 0.332 e. The van der Waals surface area contributed by atoms with Crippen molar-refractivity contribution in [2.24, 2.45) is 14.1 Å². The fourth-order valence-electron chi connectivity index (χ4n) is 3.29. The third-order valence-electron chi connectivity index (χ3n) is 5.07. The number of ether oxygens (including phenoxy) is 1. The number of aromatic nitrogens is 2. The van der Waals surface area contributed by atoms with Crippen LogP contribution in [0.5, 0.6) is 0 Å². The lowest BCUT2D eigenvalue weighted by atomic mass is 10.1. The zero-order valence-corrected chi connectivity index (χ0v) is 17.4. The minimum absolute atomic E-state index is 0.154. The number of Topliss-reactive ketones (excluding diaryl/α,β-unsaturated/α-hetero) is 1. The van der Waals surface area contributed by atoms with Crippen LogP contribution in [0.3, 0.4) is 0 Å². The first-order chi connectivity index (χ1) is 15.5. The van der Waals surface area contributed by atoms with Crippen LogP contribution in [0.1, 0.15) is 37.5 Å². The molecule has 0 fully saturated rings. The molecule has 33 heavy (non-hydrogen) atoms. The summed E-state index contributed by atoms with van der Waals surface area (Å²) in [6.45, 7) is -1.32. The number of carbonyl (C=O) groups is 4. The molecule has 0 saturated carbocycles. The molecule has 14 heteroatoms. The summed E-state index contributed by atoms with van der Waals surface area (Å²) in [6.07, 6.45) is -0.507. The van der Waals surface area contributed by atoms with Gasteiger partial charge in [-0.2, -0.15) is 0 Å². The Morgan fingerprint density at radius 3 is 2.39 bits per heavy atom. The first-order valence-electron chi connectivity index (χ1n) is 9.35. The van der Waals surface area contributed by atoms with Gasteiger partial charge in [0, 0.05) is 26.7 Å². The second-order valence-electron chi connectivity index (χ2n) is 7.02. The molecule has 0 bridgehead atoms. The van der Waals surface area contributed by atoms with Crippen molar-refractivity contribution in [2.45, 2.75) is 6.42 Å². The van der Waals surface area contributed by atoms with Crippen LogP contribution in [-0.4, -0.2) is 55.7 Å². The summed E-state index contributed by atoms with van der Waals surface area (Å²) in [7, 11) is 2.41. The van der Waals surface area contributed by atoms with Crippen molar-refractivity contribution in [3.63, 3.8) is 0 Å². The standard InChI is InChI=1S/C19H17N5O9/c1-21-15(20)14(17(28)22(2)19(21)30)11(25)8-33-12(26)6-7-23-16(27)9-4-3-5-10(24(31)32)13(9)18(23)29/h3-5H,6-8,20H2,1-2H3. The van der Waals surface area contributed by atoms with Crippen LogP contribution >= 0.6 is 0 Å². The number of hydrogen-bond acceptors (Lipinski definition) is 10. The molecule has 0 saturated heterocycles. The number of esters is 1. The molecule has 2 aromatic rings. The van der Waals surface area contributed by atoms with Gasteiger partial charge in [0.15, 0.2) is 6.61 Å². The summed E-state index contributed by atoms with van der Waals surface area (Å²) in [5, 5.41) is 11.1. The van der Waals surface area contributed by atoms with E-state index in [9.17, 15) is 38.9 Å². The van der Waals surface area contributed by atoms with E-state index in [1.165, 1.54) is 19.2 Å². The molecule has 14 nitrogen and oxygen atoms in total. The zero-order valence-electron chi connectivity index (χ0n) is 17.4. The SMILES string of the molecule is Cn1c(N)c(C(=O)COC(=O)CCN2C(=O)c3cccc([N+](=O)[O-])c3C2=O)c(=O)n(C)c1=O. The zero-order chi connectivity index (χ0) is 24.6. The minimum atomic E-state index is -0.977. The number of nitrogens with zero attached hydrogens (tertiary/aromatic N) is 4. The second kappa shape index (κ2) is 8.49. The van der Waals surface area contributed by atoms with Gasteiger partial charge in [0.1, 0.15) is 16.9 Å². The van der Waals surface area contributed by atoms with E-state index in [2.05, 4.69) is 0 Å². The maximum atomic E-state index is 12.5. The number of nitrogen functional groups attached to an aromatic ring is 1. The van der Waals surface area contributed by atoms with E-state index >= 15 is 0 Å². The number of carbonyl (C=O) groups excluding carboxylic acids is 4. The molecule has 1 aliphatic rings. The number of amides is 2. The molecule has 2 heterocycles. The molecule has 2 amide bonds. The molecule has 1 aromatic heterocycles. The predicted molar refractivity (Wildman–Crippen MR) is 110 cm³/mol. The molecule has 3 rings (SSSR count). The van der Waals surface area contributed by atoms with E-state index < -0.39 is 76.4 Å². The van der Waals surface area contributed by atoms with Gasteiger partial charge in [0.2, 0.25) is 5.78 Å². The number of fused-ring (bicyclic) bond motifs is 1. The molecule has 0 spiro atoms. The van der Waals surface area contributed by atoms with E-state index in [1.807, 2.05) is 0 Å². The molecule has 1 aliphatic heterocycles. The monoisotopic (exact) mass is 459 g/mol.